The van der Waals surface area contributed by atoms with Crippen LogP contribution in [0.4, 0.5) is 16.5 Å². The zero-order chi connectivity index (χ0) is 20.1. The lowest BCUT2D eigenvalue weighted by molar-refractivity contribution is -0.115. The van der Waals surface area contributed by atoms with Crippen molar-refractivity contribution in [3.63, 3.8) is 0 Å². The monoisotopic (exact) mass is 454 g/mol. The quantitative estimate of drug-likeness (QED) is 0.444. The maximum absolute atomic E-state index is 12.4. The van der Waals surface area contributed by atoms with Gasteiger partial charge < -0.3 is 15.4 Å². The molecule has 1 amide bonds. The summed E-state index contributed by atoms with van der Waals surface area (Å²) in [5, 5.41) is 15.4. The number of carbonyl (C=O) groups is 1. The fourth-order valence-corrected chi connectivity index (χ4v) is 4.51. The summed E-state index contributed by atoms with van der Waals surface area (Å²) in [4.78, 5) is 12.4. The van der Waals surface area contributed by atoms with Crippen LogP contribution in [-0.4, -0.2) is 28.5 Å². The number of benzene rings is 2. The number of hydrogen-bond acceptors (Lipinski definition) is 7. The summed E-state index contributed by atoms with van der Waals surface area (Å²) >= 11 is 14.7. The van der Waals surface area contributed by atoms with Crippen LogP contribution < -0.4 is 15.4 Å². The van der Waals surface area contributed by atoms with E-state index in [1.165, 1.54) is 23.1 Å². The van der Waals surface area contributed by atoms with Gasteiger partial charge in [0.05, 0.1) is 23.1 Å². The molecule has 0 fully saturated rings. The number of methoxy groups -OCH3 is 1. The second-order valence-corrected chi connectivity index (χ2v) is 9.01. The van der Waals surface area contributed by atoms with Gasteiger partial charge in [-0.2, -0.15) is 0 Å². The number of carbonyl (C=O) groups excluding carboxylic acids is 1. The number of amides is 1. The first-order valence-electron chi connectivity index (χ1n) is 8.12. The van der Waals surface area contributed by atoms with Crippen molar-refractivity contribution < 1.29 is 9.53 Å². The Morgan fingerprint density at radius 1 is 1.18 bits per heavy atom. The van der Waals surface area contributed by atoms with E-state index in [-0.39, 0.29) is 11.2 Å². The van der Waals surface area contributed by atoms with Gasteiger partial charge in [-0.3, -0.25) is 4.79 Å². The standard InChI is InChI=1S/C18H16Cl2N4O2S2/c1-10(16(25)22-15-8-3-11(19)9-14(15)20)27-18-24-23-17(28-18)21-12-4-6-13(26-2)7-5-12/h3-10H,1-2H3,(H,21,23)(H,22,25). The molecule has 28 heavy (non-hydrogen) atoms. The van der Waals surface area contributed by atoms with Crippen LogP contribution >= 0.6 is 46.3 Å². The lowest BCUT2D eigenvalue weighted by Crippen LogP contribution is -2.22. The van der Waals surface area contributed by atoms with Crippen LogP contribution in [0.25, 0.3) is 0 Å². The van der Waals surface area contributed by atoms with Crippen LogP contribution in [0.3, 0.4) is 0 Å². The Kier molecular flexibility index (Phi) is 7.01. The smallest absolute Gasteiger partial charge is 0.237 e. The van der Waals surface area contributed by atoms with Crippen LogP contribution in [-0.2, 0) is 4.79 Å². The Balaban J connectivity index is 1.58. The molecule has 6 nitrogen and oxygen atoms in total. The summed E-state index contributed by atoms with van der Waals surface area (Å²) < 4.78 is 5.82. The number of ether oxygens (including phenoxy) is 1. The Morgan fingerprint density at radius 2 is 1.93 bits per heavy atom. The molecule has 3 aromatic rings. The van der Waals surface area contributed by atoms with Crippen LogP contribution in [0.2, 0.25) is 10.0 Å². The first-order valence-corrected chi connectivity index (χ1v) is 10.6. The molecule has 0 spiro atoms. The molecular weight excluding hydrogens is 439 g/mol. The molecule has 0 saturated heterocycles. The second kappa shape index (κ2) is 9.47. The van der Waals surface area contributed by atoms with Crippen LogP contribution in [0.15, 0.2) is 46.8 Å². The highest BCUT2D eigenvalue weighted by atomic mass is 35.5. The maximum Gasteiger partial charge on any atom is 0.237 e. The van der Waals surface area contributed by atoms with Crippen molar-refractivity contribution in [1.29, 1.82) is 0 Å². The minimum atomic E-state index is -0.381. The van der Waals surface area contributed by atoms with Gasteiger partial charge in [-0.05, 0) is 49.4 Å². The van der Waals surface area contributed by atoms with Gasteiger partial charge in [0.15, 0.2) is 4.34 Å². The zero-order valence-electron chi connectivity index (χ0n) is 14.9. The summed E-state index contributed by atoms with van der Waals surface area (Å²) in [7, 11) is 1.62. The molecule has 0 aliphatic rings. The maximum atomic E-state index is 12.4. The van der Waals surface area contributed by atoms with Crippen LogP contribution in [0, 0.1) is 0 Å². The number of hydrogen-bond donors (Lipinski definition) is 2. The third-order valence-electron chi connectivity index (χ3n) is 3.58. The molecule has 2 aromatic carbocycles. The number of halogens is 2. The molecule has 1 aromatic heterocycles. The molecule has 146 valence electrons. The summed E-state index contributed by atoms with van der Waals surface area (Å²) in [5.74, 6) is 0.591. The summed E-state index contributed by atoms with van der Waals surface area (Å²) in [6.07, 6.45) is 0. The van der Waals surface area contributed by atoms with Crippen molar-refractivity contribution in [3.05, 3.63) is 52.5 Å². The van der Waals surface area contributed by atoms with Gasteiger partial charge in [0.1, 0.15) is 5.75 Å². The third kappa shape index (κ3) is 5.51. The Bertz CT molecular complexity index is 966. The van der Waals surface area contributed by atoms with E-state index in [0.717, 1.165) is 11.4 Å². The van der Waals surface area contributed by atoms with Gasteiger partial charge in [-0.1, -0.05) is 46.3 Å². The summed E-state index contributed by atoms with van der Waals surface area (Å²) in [5.41, 5.74) is 1.39. The Labute approximate surface area is 180 Å². The van der Waals surface area contributed by atoms with Gasteiger partial charge in [0.2, 0.25) is 11.0 Å². The van der Waals surface area contributed by atoms with E-state index >= 15 is 0 Å². The first kappa shape index (κ1) is 20.7. The molecule has 10 heteroatoms. The number of nitrogens with one attached hydrogen (secondary N) is 2. The average molecular weight is 455 g/mol. The number of rotatable bonds is 7. The topological polar surface area (TPSA) is 76.1 Å². The van der Waals surface area contributed by atoms with Crippen molar-refractivity contribution >= 4 is 68.7 Å². The number of thioether (sulfide) groups is 1. The minimum Gasteiger partial charge on any atom is -0.497 e. The fourth-order valence-electron chi connectivity index (χ4n) is 2.14. The molecular formula is C18H16Cl2N4O2S2. The molecule has 0 saturated carbocycles. The molecule has 3 rings (SSSR count). The molecule has 0 aliphatic heterocycles. The van der Waals surface area contributed by atoms with Gasteiger partial charge in [0, 0.05) is 10.7 Å². The van der Waals surface area contributed by atoms with E-state index in [1.54, 1.807) is 32.2 Å². The average Bonchev–Trinajstić information content (AvgIpc) is 3.11. The highest BCUT2D eigenvalue weighted by Gasteiger charge is 2.18. The van der Waals surface area contributed by atoms with E-state index in [4.69, 9.17) is 27.9 Å². The van der Waals surface area contributed by atoms with Gasteiger partial charge in [-0.25, -0.2) is 0 Å². The highest BCUT2D eigenvalue weighted by molar-refractivity contribution is 8.02. The third-order valence-corrected chi connectivity index (χ3v) is 6.15. The lowest BCUT2D eigenvalue weighted by Gasteiger charge is -2.11. The van der Waals surface area contributed by atoms with E-state index in [0.29, 0.717) is 25.2 Å². The SMILES string of the molecule is COc1ccc(Nc2nnc(SC(C)C(=O)Nc3ccc(Cl)cc3Cl)s2)cc1. The highest BCUT2D eigenvalue weighted by Crippen LogP contribution is 2.32. The number of nitrogens with zero attached hydrogens (tertiary/aromatic N) is 2. The fraction of sp³-hybridized carbons (Fsp3) is 0.167. The van der Waals surface area contributed by atoms with Gasteiger partial charge in [-0.15, -0.1) is 10.2 Å². The van der Waals surface area contributed by atoms with E-state index in [1.807, 2.05) is 24.3 Å². The predicted octanol–water partition coefficient (Wildman–Crippen LogP) is 5.72. The molecule has 2 N–H and O–H groups in total. The summed E-state index contributed by atoms with van der Waals surface area (Å²) in [6, 6.07) is 12.4. The largest absolute Gasteiger partial charge is 0.497 e. The summed E-state index contributed by atoms with van der Waals surface area (Å²) in [6.45, 7) is 1.79. The second-order valence-electron chi connectivity index (χ2n) is 5.60. The van der Waals surface area contributed by atoms with E-state index < -0.39 is 0 Å². The first-order chi connectivity index (χ1) is 13.4. The Hall–Kier alpha value is -2.00. The molecule has 0 bridgehead atoms. The molecule has 1 unspecified atom stereocenters. The van der Waals surface area contributed by atoms with Crippen molar-refractivity contribution in [2.45, 2.75) is 16.5 Å². The number of anilines is 3. The lowest BCUT2D eigenvalue weighted by atomic mass is 10.3. The van der Waals surface area contributed by atoms with Crippen molar-refractivity contribution in [3.8, 4) is 5.75 Å². The van der Waals surface area contributed by atoms with Crippen molar-refractivity contribution in [2.24, 2.45) is 0 Å². The molecule has 1 heterocycles. The van der Waals surface area contributed by atoms with Crippen molar-refractivity contribution in [1.82, 2.24) is 10.2 Å². The predicted molar refractivity (Wildman–Crippen MR) is 117 cm³/mol. The van der Waals surface area contributed by atoms with Crippen molar-refractivity contribution in [2.75, 3.05) is 17.7 Å². The molecule has 0 aliphatic carbocycles. The normalized spacial score (nSPS) is 11.7. The molecule has 0 radical (unpaired) electrons. The van der Waals surface area contributed by atoms with E-state index in [2.05, 4.69) is 20.8 Å². The minimum absolute atomic E-state index is 0.186. The van der Waals surface area contributed by atoms with Crippen LogP contribution in [0.5, 0.6) is 5.75 Å². The molecule has 1 atom stereocenters. The van der Waals surface area contributed by atoms with Crippen LogP contribution in [0.1, 0.15) is 6.92 Å². The van der Waals surface area contributed by atoms with Gasteiger partial charge >= 0.3 is 0 Å². The van der Waals surface area contributed by atoms with E-state index in [9.17, 15) is 4.79 Å². The van der Waals surface area contributed by atoms with Gasteiger partial charge in [0.25, 0.3) is 0 Å². The Morgan fingerprint density at radius 3 is 2.61 bits per heavy atom. The number of aromatic nitrogens is 2. The zero-order valence-corrected chi connectivity index (χ0v) is 18.0.